The van der Waals surface area contributed by atoms with E-state index in [0.717, 1.165) is 17.7 Å². The van der Waals surface area contributed by atoms with Gasteiger partial charge in [0.1, 0.15) is 5.75 Å². The first-order valence-electron chi connectivity index (χ1n) is 9.40. The van der Waals surface area contributed by atoms with Crippen LogP contribution in [0.1, 0.15) is 35.2 Å². The predicted octanol–water partition coefficient (Wildman–Crippen LogP) is 2.88. The fourth-order valence-corrected chi connectivity index (χ4v) is 3.06. The molecule has 1 saturated heterocycles. The number of hydrogen-bond acceptors (Lipinski definition) is 4. The molecule has 0 spiro atoms. The van der Waals surface area contributed by atoms with Crippen LogP contribution in [0.4, 0.5) is 0 Å². The van der Waals surface area contributed by atoms with Crippen LogP contribution in [0.5, 0.6) is 5.75 Å². The molecule has 0 aliphatic carbocycles. The minimum absolute atomic E-state index is 0.0698. The van der Waals surface area contributed by atoms with Crippen LogP contribution >= 0.6 is 0 Å². The van der Waals surface area contributed by atoms with Crippen LogP contribution in [0.15, 0.2) is 54.6 Å². The highest BCUT2D eigenvalue weighted by molar-refractivity contribution is 6.01. The summed E-state index contributed by atoms with van der Waals surface area (Å²) in [6.07, 6.45) is 1.30. The zero-order valence-electron chi connectivity index (χ0n) is 16.0. The summed E-state index contributed by atoms with van der Waals surface area (Å²) in [5.74, 6) is 0.479. The minimum Gasteiger partial charge on any atom is -0.494 e. The molecule has 3 rings (SSSR count). The minimum atomic E-state index is -0.136. The zero-order valence-corrected chi connectivity index (χ0v) is 16.0. The van der Waals surface area contributed by atoms with Gasteiger partial charge in [0.25, 0.3) is 5.91 Å². The van der Waals surface area contributed by atoms with E-state index in [2.05, 4.69) is 0 Å². The third-order valence-corrected chi connectivity index (χ3v) is 4.69. The van der Waals surface area contributed by atoms with E-state index in [4.69, 9.17) is 4.74 Å². The van der Waals surface area contributed by atoms with Crippen LogP contribution in [0.3, 0.4) is 0 Å². The van der Waals surface area contributed by atoms with Crippen molar-refractivity contribution in [2.45, 2.75) is 25.8 Å². The molecule has 0 radical (unpaired) electrons. The average molecular weight is 380 g/mol. The van der Waals surface area contributed by atoms with Gasteiger partial charge in [-0.05, 0) is 36.2 Å². The van der Waals surface area contributed by atoms with Crippen molar-refractivity contribution in [3.8, 4) is 5.75 Å². The Labute approximate surface area is 164 Å². The Morgan fingerprint density at radius 3 is 2.29 bits per heavy atom. The van der Waals surface area contributed by atoms with Gasteiger partial charge in [0, 0.05) is 32.0 Å². The molecular formula is C22H24N2O4. The summed E-state index contributed by atoms with van der Waals surface area (Å²) in [5.41, 5.74) is 1.41. The van der Waals surface area contributed by atoms with Crippen molar-refractivity contribution in [2.75, 3.05) is 20.2 Å². The van der Waals surface area contributed by atoms with Gasteiger partial charge in [0.05, 0.1) is 13.2 Å². The van der Waals surface area contributed by atoms with Crippen molar-refractivity contribution in [3.63, 3.8) is 0 Å². The number of rotatable bonds is 8. The van der Waals surface area contributed by atoms with Crippen LogP contribution in [-0.2, 0) is 16.1 Å². The smallest absolute Gasteiger partial charge is 0.253 e. The second-order valence-corrected chi connectivity index (χ2v) is 6.81. The number of benzene rings is 2. The number of imide groups is 1. The van der Waals surface area contributed by atoms with E-state index in [1.165, 1.54) is 4.90 Å². The largest absolute Gasteiger partial charge is 0.494 e. The third kappa shape index (κ3) is 4.97. The van der Waals surface area contributed by atoms with E-state index in [1.807, 2.05) is 30.3 Å². The lowest BCUT2D eigenvalue weighted by Crippen LogP contribution is -2.29. The molecule has 2 aromatic carbocycles. The van der Waals surface area contributed by atoms with Crippen molar-refractivity contribution >= 4 is 17.7 Å². The van der Waals surface area contributed by atoms with Gasteiger partial charge in [0.15, 0.2) is 0 Å². The van der Waals surface area contributed by atoms with Gasteiger partial charge in [-0.15, -0.1) is 0 Å². The van der Waals surface area contributed by atoms with Gasteiger partial charge in [-0.3, -0.25) is 19.3 Å². The molecule has 0 aromatic heterocycles. The fraction of sp³-hybridized carbons (Fsp3) is 0.318. The normalized spacial score (nSPS) is 13.7. The van der Waals surface area contributed by atoms with Gasteiger partial charge in [-0.2, -0.15) is 0 Å². The van der Waals surface area contributed by atoms with E-state index in [1.54, 1.807) is 36.2 Å². The SMILES string of the molecule is CN(CCCOc1ccccc1)C(=O)c1ccc(CN2C(=O)CCC2=O)cc1. The highest BCUT2D eigenvalue weighted by atomic mass is 16.5. The van der Waals surface area contributed by atoms with Gasteiger partial charge >= 0.3 is 0 Å². The first kappa shape index (κ1) is 19.6. The summed E-state index contributed by atoms with van der Waals surface area (Å²) >= 11 is 0. The Morgan fingerprint density at radius 1 is 1.00 bits per heavy atom. The maximum Gasteiger partial charge on any atom is 0.253 e. The number of amides is 3. The van der Waals surface area contributed by atoms with Crippen LogP contribution in [0.25, 0.3) is 0 Å². The molecule has 1 aliphatic rings. The van der Waals surface area contributed by atoms with E-state index < -0.39 is 0 Å². The molecule has 146 valence electrons. The third-order valence-electron chi connectivity index (χ3n) is 4.69. The standard InChI is InChI=1S/C22H24N2O4/c1-23(14-5-15-28-19-6-3-2-4-7-19)22(27)18-10-8-17(9-11-18)16-24-20(25)12-13-21(24)26/h2-4,6-11H,5,12-16H2,1H3. The lowest BCUT2D eigenvalue weighted by Gasteiger charge is -2.18. The molecule has 1 fully saturated rings. The molecule has 0 saturated carbocycles. The number of carbonyl (C=O) groups excluding carboxylic acids is 3. The molecule has 0 unspecified atom stereocenters. The number of para-hydroxylation sites is 1. The van der Waals surface area contributed by atoms with Crippen LogP contribution in [-0.4, -0.2) is 47.7 Å². The van der Waals surface area contributed by atoms with Crippen molar-refractivity contribution in [2.24, 2.45) is 0 Å². The molecule has 6 heteroatoms. The van der Waals surface area contributed by atoms with Crippen molar-refractivity contribution in [3.05, 3.63) is 65.7 Å². The Hall–Kier alpha value is -3.15. The molecule has 2 aromatic rings. The summed E-state index contributed by atoms with van der Waals surface area (Å²) in [7, 11) is 1.76. The molecule has 0 atom stereocenters. The van der Waals surface area contributed by atoms with Gasteiger partial charge in [0.2, 0.25) is 11.8 Å². The maximum atomic E-state index is 12.5. The Morgan fingerprint density at radius 2 is 1.64 bits per heavy atom. The molecule has 28 heavy (non-hydrogen) atoms. The number of ether oxygens (including phenoxy) is 1. The van der Waals surface area contributed by atoms with Crippen molar-refractivity contribution < 1.29 is 19.1 Å². The molecule has 1 aliphatic heterocycles. The maximum absolute atomic E-state index is 12.5. The number of nitrogens with zero attached hydrogens (tertiary/aromatic N) is 2. The molecule has 6 nitrogen and oxygen atoms in total. The Bertz CT molecular complexity index is 817. The zero-order chi connectivity index (χ0) is 19.9. The van der Waals surface area contributed by atoms with E-state index >= 15 is 0 Å². The average Bonchev–Trinajstić information content (AvgIpc) is 3.04. The molecule has 0 bridgehead atoms. The number of likely N-dealkylation sites (tertiary alicyclic amines) is 1. The number of hydrogen-bond donors (Lipinski definition) is 0. The Kier molecular flexibility index (Phi) is 6.42. The van der Waals surface area contributed by atoms with E-state index in [-0.39, 0.29) is 37.1 Å². The summed E-state index contributed by atoms with van der Waals surface area (Å²) in [4.78, 5) is 38.9. The molecule has 1 heterocycles. The van der Waals surface area contributed by atoms with Gasteiger partial charge in [-0.1, -0.05) is 30.3 Å². The summed E-state index contributed by atoms with van der Waals surface area (Å²) < 4.78 is 5.64. The topological polar surface area (TPSA) is 66.9 Å². The lowest BCUT2D eigenvalue weighted by atomic mass is 10.1. The molecular weight excluding hydrogens is 356 g/mol. The first-order chi connectivity index (χ1) is 13.5. The monoisotopic (exact) mass is 380 g/mol. The summed E-state index contributed by atoms with van der Waals surface area (Å²) in [5, 5.41) is 0. The van der Waals surface area contributed by atoms with Crippen LogP contribution in [0, 0.1) is 0 Å². The van der Waals surface area contributed by atoms with Gasteiger partial charge < -0.3 is 9.64 Å². The molecule has 3 amide bonds. The van der Waals surface area contributed by atoms with E-state index in [9.17, 15) is 14.4 Å². The number of carbonyl (C=O) groups is 3. The summed E-state index contributed by atoms with van der Waals surface area (Å²) in [6.45, 7) is 1.39. The quantitative estimate of drug-likeness (QED) is 0.522. The lowest BCUT2D eigenvalue weighted by molar-refractivity contribution is -0.139. The van der Waals surface area contributed by atoms with Crippen LogP contribution in [0.2, 0.25) is 0 Å². The Balaban J connectivity index is 1.46. The van der Waals surface area contributed by atoms with Crippen molar-refractivity contribution in [1.82, 2.24) is 9.80 Å². The van der Waals surface area contributed by atoms with Gasteiger partial charge in [-0.25, -0.2) is 0 Å². The van der Waals surface area contributed by atoms with E-state index in [0.29, 0.717) is 18.7 Å². The second kappa shape index (κ2) is 9.17. The highest BCUT2D eigenvalue weighted by Gasteiger charge is 2.28. The highest BCUT2D eigenvalue weighted by Crippen LogP contribution is 2.16. The molecule has 0 N–H and O–H groups in total. The predicted molar refractivity (Wildman–Crippen MR) is 105 cm³/mol. The fourth-order valence-electron chi connectivity index (χ4n) is 3.06. The summed E-state index contributed by atoms with van der Waals surface area (Å²) in [6, 6.07) is 16.6. The first-order valence-corrected chi connectivity index (χ1v) is 9.40. The van der Waals surface area contributed by atoms with Crippen LogP contribution < -0.4 is 4.74 Å². The van der Waals surface area contributed by atoms with Crippen molar-refractivity contribution in [1.29, 1.82) is 0 Å². The second-order valence-electron chi connectivity index (χ2n) is 6.81.